The van der Waals surface area contributed by atoms with E-state index in [2.05, 4.69) is 20.7 Å². The molecule has 0 aliphatic carbocycles. The molecule has 0 saturated heterocycles. The highest BCUT2D eigenvalue weighted by Gasteiger charge is 2.15. The van der Waals surface area contributed by atoms with Crippen molar-refractivity contribution in [3.63, 3.8) is 0 Å². The lowest BCUT2D eigenvalue weighted by Gasteiger charge is -2.14. The maximum Gasteiger partial charge on any atom is 0.258 e. The van der Waals surface area contributed by atoms with Gasteiger partial charge < -0.3 is 10.1 Å². The van der Waals surface area contributed by atoms with Crippen LogP contribution in [-0.2, 0) is 13.1 Å². The predicted molar refractivity (Wildman–Crippen MR) is 124 cm³/mol. The van der Waals surface area contributed by atoms with E-state index in [1.165, 1.54) is 6.07 Å². The minimum Gasteiger partial charge on any atom is -0.495 e. The number of amides is 1. The zero-order chi connectivity index (χ0) is 23.3. The number of aliphatic imine (C=N–C) groups is 1. The molecule has 32 heavy (non-hydrogen) atoms. The summed E-state index contributed by atoms with van der Waals surface area (Å²) in [7, 11) is 1.57. The van der Waals surface area contributed by atoms with Gasteiger partial charge in [0.05, 0.1) is 25.0 Å². The number of aryl methyl sites for hydroxylation is 3. The third-order valence-corrected chi connectivity index (χ3v) is 5.25. The number of guanidine groups is 1. The zero-order valence-corrected chi connectivity index (χ0v) is 19.0. The van der Waals surface area contributed by atoms with Gasteiger partial charge in [0.2, 0.25) is 5.96 Å². The normalized spacial score (nSPS) is 11.4. The lowest BCUT2D eigenvalue weighted by atomic mass is 10.1. The number of para-hydroxylation sites is 2. The fraction of sp³-hybridized carbons (Fsp3) is 0.292. The molecule has 2 aromatic carbocycles. The molecule has 0 spiro atoms. The number of carbonyl (C=O) groups is 1. The Balaban J connectivity index is 1.91. The van der Waals surface area contributed by atoms with Gasteiger partial charge in [-0.2, -0.15) is 5.10 Å². The number of halogens is 1. The standard InChI is InChI=1S/C24H28FN5O2/c1-6-30-17(4)19(16(3)29-30)14-26-24(27-21-9-7-8-10-22(21)32-5)28-23(31)18-12-11-15(2)20(25)13-18/h7-13H,6,14H2,1-5H3,(H2,26,27,28,31). The maximum absolute atomic E-state index is 14.0. The molecule has 0 aliphatic heterocycles. The number of benzene rings is 2. The molecule has 1 aromatic heterocycles. The number of carbonyl (C=O) groups excluding carboxylic acids is 1. The molecule has 168 valence electrons. The maximum atomic E-state index is 14.0. The number of ether oxygens (including phenoxy) is 1. The molecule has 0 radical (unpaired) electrons. The van der Waals surface area contributed by atoms with Gasteiger partial charge in [-0.25, -0.2) is 9.38 Å². The number of nitrogens with zero attached hydrogens (tertiary/aromatic N) is 3. The van der Waals surface area contributed by atoms with Crippen LogP contribution in [0.15, 0.2) is 47.5 Å². The molecule has 0 bridgehead atoms. The molecule has 0 fully saturated rings. The Kier molecular flexibility index (Phi) is 7.25. The lowest BCUT2D eigenvalue weighted by molar-refractivity contribution is 0.0976. The van der Waals surface area contributed by atoms with Gasteiger partial charge in [-0.3, -0.25) is 14.8 Å². The summed E-state index contributed by atoms with van der Waals surface area (Å²) in [5, 5.41) is 10.4. The molecule has 1 heterocycles. The Morgan fingerprint density at radius 3 is 2.59 bits per heavy atom. The summed E-state index contributed by atoms with van der Waals surface area (Å²) >= 11 is 0. The van der Waals surface area contributed by atoms with Gasteiger partial charge in [-0.05, 0) is 57.5 Å². The quantitative estimate of drug-likeness (QED) is 0.443. The van der Waals surface area contributed by atoms with E-state index < -0.39 is 11.7 Å². The van der Waals surface area contributed by atoms with Crippen LogP contribution in [0.3, 0.4) is 0 Å². The summed E-state index contributed by atoms with van der Waals surface area (Å²) in [6.07, 6.45) is 0. The highest BCUT2D eigenvalue weighted by molar-refractivity contribution is 6.10. The first-order valence-corrected chi connectivity index (χ1v) is 10.4. The first-order valence-electron chi connectivity index (χ1n) is 10.4. The van der Waals surface area contributed by atoms with Crippen LogP contribution >= 0.6 is 0 Å². The number of rotatable bonds is 6. The van der Waals surface area contributed by atoms with Gasteiger partial charge in [0.15, 0.2) is 0 Å². The van der Waals surface area contributed by atoms with E-state index in [4.69, 9.17) is 4.74 Å². The molecule has 3 aromatic rings. The molecule has 0 saturated carbocycles. The number of hydrogen-bond donors (Lipinski definition) is 2. The van der Waals surface area contributed by atoms with Gasteiger partial charge in [-0.1, -0.05) is 18.2 Å². The minimum atomic E-state index is -0.470. The zero-order valence-electron chi connectivity index (χ0n) is 19.0. The first-order chi connectivity index (χ1) is 15.3. The van der Waals surface area contributed by atoms with Gasteiger partial charge in [-0.15, -0.1) is 0 Å². The molecule has 2 N–H and O–H groups in total. The van der Waals surface area contributed by atoms with Gasteiger partial charge in [0, 0.05) is 23.4 Å². The Labute approximate surface area is 187 Å². The Hall–Kier alpha value is -3.68. The molecular weight excluding hydrogens is 409 g/mol. The highest BCUT2D eigenvalue weighted by atomic mass is 19.1. The van der Waals surface area contributed by atoms with E-state index in [0.717, 1.165) is 23.5 Å². The Bertz CT molecular complexity index is 1150. The highest BCUT2D eigenvalue weighted by Crippen LogP contribution is 2.23. The predicted octanol–water partition coefficient (Wildman–Crippen LogP) is 4.37. The van der Waals surface area contributed by atoms with Crippen LogP contribution in [0.1, 0.15) is 39.8 Å². The number of methoxy groups -OCH3 is 1. The van der Waals surface area contributed by atoms with Crippen molar-refractivity contribution in [2.45, 2.75) is 40.8 Å². The number of nitrogens with one attached hydrogen (secondary N) is 2. The fourth-order valence-corrected chi connectivity index (χ4v) is 3.33. The second-order valence-corrected chi connectivity index (χ2v) is 7.37. The van der Waals surface area contributed by atoms with Crippen molar-refractivity contribution in [3.05, 3.63) is 76.4 Å². The van der Waals surface area contributed by atoms with Crippen LogP contribution in [0.25, 0.3) is 0 Å². The molecule has 0 aliphatic rings. The van der Waals surface area contributed by atoms with Crippen molar-refractivity contribution in [3.8, 4) is 5.75 Å². The van der Waals surface area contributed by atoms with Crippen LogP contribution in [0.4, 0.5) is 10.1 Å². The van der Waals surface area contributed by atoms with Crippen LogP contribution in [0.5, 0.6) is 5.75 Å². The first kappa shape index (κ1) is 23.0. The molecule has 8 heteroatoms. The Morgan fingerprint density at radius 1 is 1.19 bits per heavy atom. The SMILES string of the molecule is CCn1nc(C)c(CN=C(NC(=O)c2ccc(C)c(F)c2)Nc2ccccc2OC)c1C. The third kappa shape index (κ3) is 5.14. The average Bonchev–Trinajstić information content (AvgIpc) is 3.06. The van der Waals surface area contributed by atoms with E-state index in [9.17, 15) is 9.18 Å². The summed E-state index contributed by atoms with van der Waals surface area (Å²) in [5.41, 5.74) is 4.22. The van der Waals surface area contributed by atoms with Gasteiger partial charge >= 0.3 is 0 Å². The average molecular weight is 438 g/mol. The van der Waals surface area contributed by atoms with Crippen LogP contribution in [0.2, 0.25) is 0 Å². The van der Waals surface area contributed by atoms with E-state index in [-0.39, 0.29) is 11.5 Å². The minimum absolute atomic E-state index is 0.203. The molecule has 0 unspecified atom stereocenters. The molecule has 3 rings (SSSR count). The van der Waals surface area contributed by atoms with E-state index >= 15 is 0 Å². The number of anilines is 1. The van der Waals surface area contributed by atoms with Crippen LogP contribution in [-0.4, -0.2) is 28.8 Å². The largest absolute Gasteiger partial charge is 0.495 e. The van der Waals surface area contributed by atoms with Crippen molar-refractivity contribution in [1.82, 2.24) is 15.1 Å². The molecule has 0 atom stereocenters. The molecule has 1 amide bonds. The van der Waals surface area contributed by atoms with E-state index in [1.54, 1.807) is 32.2 Å². The summed E-state index contributed by atoms with van der Waals surface area (Å²) in [5.74, 6) is -0.0830. The second kappa shape index (κ2) is 10.1. The molecular formula is C24H28FN5O2. The lowest BCUT2D eigenvalue weighted by Crippen LogP contribution is -2.36. The third-order valence-electron chi connectivity index (χ3n) is 5.25. The van der Waals surface area contributed by atoms with Crippen molar-refractivity contribution in [2.75, 3.05) is 12.4 Å². The second-order valence-electron chi connectivity index (χ2n) is 7.37. The van der Waals surface area contributed by atoms with Crippen LogP contribution in [0, 0.1) is 26.6 Å². The van der Waals surface area contributed by atoms with Gasteiger partial charge in [0.1, 0.15) is 11.6 Å². The van der Waals surface area contributed by atoms with Crippen molar-refractivity contribution >= 4 is 17.6 Å². The van der Waals surface area contributed by atoms with Crippen molar-refractivity contribution in [1.29, 1.82) is 0 Å². The monoisotopic (exact) mass is 437 g/mol. The fourth-order valence-electron chi connectivity index (χ4n) is 3.33. The van der Waals surface area contributed by atoms with Crippen LogP contribution < -0.4 is 15.4 Å². The van der Waals surface area contributed by atoms with E-state index in [1.807, 2.05) is 43.7 Å². The smallest absolute Gasteiger partial charge is 0.258 e. The topological polar surface area (TPSA) is 80.5 Å². The van der Waals surface area contributed by atoms with Crippen molar-refractivity contribution in [2.24, 2.45) is 4.99 Å². The summed E-state index contributed by atoms with van der Waals surface area (Å²) < 4.78 is 21.3. The Morgan fingerprint density at radius 2 is 1.94 bits per heavy atom. The summed E-state index contributed by atoms with van der Waals surface area (Å²) in [6, 6.07) is 11.7. The number of hydrogen-bond acceptors (Lipinski definition) is 4. The molecule has 7 nitrogen and oxygen atoms in total. The van der Waals surface area contributed by atoms with E-state index in [0.29, 0.717) is 23.5 Å². The summed E-state index contributed by atoms with van der Waals surface area (Å²) in [4.78, 5) is 17.4. The summed E-state index contributed by atoms with van der Waals surface area (Å²) in [6.45, 7) is 8.69. The number of aromatic nitrogens is 2. The van der Waals surface area contributed by atoms with Crippen molar-refractivity contribution < 1.29 is 13.9 Å². The van der Waals surface area contributed by atoms with Gasteiger partial charge in [0.25, 0.3) is 5.91 Å².